The van der Waals surface area contributed by atoms with Gasteiger partial charge in [-0.15, -0.1) is 11.3 Å². The lowest BCUT2D eigenvalue weighted by Gasteiger charge is -2.13. The second-order valence-corrected chi connectivity index (χ2v) is 5.74. The molecule has 1 rings (SSSR count). The lowest BCUT2D eigenvalue weighted by Crippen LogP contribution is -2.08. The summed E-state index contributed by atoms with van der Waals surface area (Å²) in [4.78, 5) is 1.20. The van der Waals surface area contributed by atoms with E-state index in [1.807, 2.05) is 19.1 Å². The molecule has 1 heterocycles. The minimum Gasteiger partial charge on any atom is -0.388 e. The summed E-state index contributed by atoms with van der Waals surface area (Å²) in [5.74, 6) is 0. The second kappa shape index (κ2) is 9.35. The van der Waals surface area contributed by atoms with Crippen LogP contribution in [0, 0.1) is 0 Å². The first kappa shape index (κ1) is 15.5. The van der Waals surface area contributed by atoms with Crippen LogP contribution in [0.5, 0.6) is 0 Å². The molecule has 2 heteroatoms. The molecule has 1 nitrogen and oxygen atoms in total. The molecule has 0 spiro atoms. The predicted octanol–water partition coefficient (Wildman–Crippen LogP) is 5.26. The van der Waals surface area contributed by atoms with Crippen LogP contribution in [0.4, 0.5) is 0 Å². The monoisotopic (exact) mass is 266 g/mol. The van der Waals surface area contributed by atoms with Crippen molar-refractivity contribution in [3.63, 3.8) is 0 Å². The van der Waals surface area contributed by atoms with Gasteiger partial charge in [0.05, 0.1) is 6.10 Å². The molecule has 1 unspecified atom stereocenters. The van der Waals surface area contributed by atoms with Crippen LogP contribution in [-0.4, -0.2) is 11.2 Å². The maximum atomic E-state index is 10.2. The Hall–Kier alpha value is -0.600. The average Bonchev–Trinajstić information content (AvgIpc) is 2.88. The van der Waals surface area contributed by atoms with Gasteiger partial charge in [0.1, 0.15) is 0 Å². The second-order valence-electron chi connectivity index (χ2n) is 4.79. The van der Waals surface area contributed by atoms with Crippen molar-refractivity contribution in [1.82, 2.24) is 0 Å². The molecule has 0 bridgehead atoms. The van der Waals surface area contributed by atoms with Gasteiger partial charge in [0.15, 0.2) is 0 Å². The Morgan fingerprint density at radius 2 is 2.00 bits per heavy atom. The van der Waals surface area contributed by atoms with Gasteiger partial charge >= 0.3 is 0 Å². The summed E-state index contributed by atoms with van der Waals surface area (Å²) in [6, 6.07) is 4.13. The van der Waals surface area contributed by atoms with Gasteiger partial charge in [-0.25, -0.2) is 0 Å². The number of rotatable bonds is 9. The zero-order valence-electron chi connectivity index (χ0n) is 11.7. The summed E-state index contributed by atoms with van der Waals surface area (Å²) in [5.41, 5.74) is 1.10. The summed E-state index contributed by atoms with van der Waals surface area (Å²) < 4.78 is 0. The summed E-state index contributed by atoms with van der Waals surface area (Å²) in [7, 11) is 0. The number of hydrogen-bond donors (Lipinski definition) is 1. The molecule has 0 aliphatic rings. The Morgan fingerprint density at radius 1 is 1.28 bits per heavy atom. The van der Waals surface area contributed by atoms with E-state index in [1.165, 1.54) is 37.0 Å². The summed E-state index contributed by atoms with van der Waals surface area (Å²) in [5, 5.41) is 12.3. The Morgan fingerprint density at radius 3 is 2.61 bits per heavy atom. The minimum absolute atomic E-state index is 0.292. The molecule has 1 aromatic heterocycles. The van der Waals surface area contributed by atoms with Crippen molar-refractivity contribution in [2.75, 3.05) is 0 Å². The molecule has 102 valence electrons. The third-order valence-corrected chi connectivity index (χ3v) is 4.23. The molecule has 1 N–H and O–H groups in total. The number of hydrogen-bond acceptors (Lipinski definition) is 2. The van der Waals surface area contributed by atoms with Crippen LogP contribution < -0.4 is 0 Å². The maximum Gasteiger partial charge on any atom is 0.0800 e. The van der Waals surface area contributed by atoms with Crippen LogP contribution >= 0.6 is 11.3 Å². The van der Waals surface area contributed by atoms with E-state index in [2.05, 4.69) is 18.4 Å². The first-order chi connectivity index (χ1) is 8.79. The first-order valence-electron chi connectivity index (χ1n) is 7.17. The molecule has 0 aliphatic heterocycles. The summed E-state index contributed by atoms with van der Waals surface area (Å²) in [6.07, 6.45) is 10.3. The molecular weight excluding hydrogens is 240 g/mol. The Bertz CT molecular complexity index is 327. The van der Waals surface area contributed by atoms with Crippen molar-refractivity contribution >= 4 is 16.9 Å². The van der Waals surface area contributed by atoms with E-state index in [4.69, 9.17) is 0 Å². The van der Waals surface area contributed by atoms with Gasteiger partial charge in [-0.2, -0.15) is 0 Å². The van der Waals surface area contributed by atoms with E-state index in [0.717, 1.165) is 18.4 Å². The van der Waals surface area contributed by atoms with Crippen LogP contribution in [0.15, 0.2) is 23.6 Å². The van der Waals surface area contributed by atoms with Crippen molar-refractivity contribution in [2.24, 2.45) is 0 Å². The van der Waals surface area contributed by atoms with Gasteiger partial charge in [0.2, 0.25) is 0 Å². The fraction of sp³-hybridized carbons (Fsp3) is 0.625. The van der Waals surface area contributed by atoms with Crippen LogP contribution in [0.25, 0.3) is 5.57 Å². The molecule has 1 atom stereocenters. The van der Waals surface area contributed by atoms with Gasteiger partial charge in [-0.05, 0) is 30.4 Å². The smallest absolute Gasteiger partial charge is 0.0800 e. The Labute approximate surface area is 116 Å². The largest absolute Gasteiger partial charge is 0.388 e. The van der Waals surface area contributed by atoms with Crippen molar-refractivity contribution < 1.29 is 5.11 Å². The lowest BCUT2D eigenvalue weighted by atomic mass is 10.0. The molecule has 0 aromatic carbocycles. The summed E-state index contributed by atoms with van der Waals surface area (Å²) >= 11 is 1.71. The first-order valence-corrected chi connectivity index (χ1v) is 8.05. The highest BCUT2D eigenvalue weighted by Crippen LogP contribution is 2.26. The molecular formula is C16H26OS. The number of aliphatic hydroxyl groups is 1. The third kappa shape index (κ3) is 5.36. The van der Waals surface area contributed by atoms with E-state index in [9.17, 15) is 5.11 Å². The van der Waals surface area contributed by atoms with Crippen molar-refractivity contribution in [1.29, 1.82) is 0 Å². The van der Waals surface area contributed by atoms with Gasteiger partial charge in [-0.1, -0.05) is 57.6 Å². The van der Waals surface area contributed by atoms with E-state index >= 15 is 0 Å². The fourth-order valence-corrected chi connectivity index (χ4v) is 3.07. The molecule has 0 saturated heterocycles. The zero-order chi connectivity index (χ0) is 13.2. The zero-order valence-corrected chi connectivity index (χ0v) is 12.5. The standard InChI is InChI=1S/C16H26OS/c1-3-5-6-7-8-9-11-15(17)14(4-2)16-12-10-13-18-16/h4,10,12-13,15,17H,3,5-9,11H2,1-2H3/b14-4-. The maximum absolute atomic E-state index is 10.2. The highest BCUT2D eigenvalue weighted by molar-refractivity contribution is 7.11. The van der Waals surface area contributed by atoms with Gasteiger partial charge < -0.3 is 5.11 Å². The van der Waals surface area contributed by atoms with Crippen LogP contribution in [0.3, 0.4) is 0 Å². The minimum atomic E-state index is -0.292. The quantitative estimate of drug-likeness (QED) is 0.604. The molecule has 0 aliphatic carbocycles. The number of unbranched alkanes of at least 4 members (excludes halogenated alkanes) is 5. The summed E-state index contributed by atoms with van der Waals surface area (Å²) in [6.45, 7) is 4.25. The molecule has 0 fully saturated rings. The number of allylic oxidation sites excluding steroid dienone is 1. The highest BCUT2D eigenvalue weighted by atomic mass is 32.1. The Kier molecular flexibility index (Phi) is 8.03. The number of thiophene rings is 1. The van der Waals surface area contributed by atoms with Crippen molar-refractivity contribution in [3.05, 3.63) is 28.5 Å². The molecule has 1 aromatic rings. The van der Waals surface area contributed by atoms with Crippen molar-refractivity contribution in [3.8, 4) is 0 Å². The van der Waals surface area contributed by atoms with Crippen LogP contribution in [0.2, 0.25) is 0 Å². The Balaban J connectivity index is 2.25. The molecule has 0 radical (unpaired) electrons. The van der Waals surface area contributed by atoms with E-state index < -0.39 is 0 Å². The average molecular weight is 266 g/mol. The van der Waals surface area contributed by atoms with Crippen LogP contribution in [0.1, 0.15) is 63.7 Å². The van der Waals surface area contributed by atoms with Gasteiger partial charge in [-0.3, -0.25) is 0 Å². The third-order valence-electron chi connectivity index (χ3n) is 3.31. The fourth-order valence-electron chi connectivity index (χ4n) is 2.22. The van der Waals surface area contributed by atoms with Crippen molar-refractivity contribution in [2.45, 2.75) is 64.9 Å². The normalized spacial score (nSPS) is 13.8. The van der Waals surface area contributed by atoms with Crippen LogP contribution in [-0.2, 0) is 0 Å². The topological polar surface area (TPSA) is 20.2 Å². The molecule has 0 amide bonds. The van der Waals surface area contributed by atoms with E-state index in [1.54, 1.807) is 11.3 Å². The number of aliphatic hydroxyl groups excluding tert-OH is 1. The molecule has 18 heavy (non-hydrogen) atoms. The predicted molar refractivity (Wildman–Crippen MR) is 82.0 cm³/mol. The van der Waals surface area contributed by atoms with E-state index in [-0.39, 0.29) is 6.10 Å². The lowest BCUT2D eigenvalue weighted by molar-refractivity contribution is 0.217. The molecule has 0 saturated carbocycles. The van der Waals surface area contributed by atoms with Gasteiger partial charge in [0, 0.05) is 4.88 Å². The SMILES string of the molecule is C/C=C(\c1cccs1)C(O)CCCCCCCC. The van der Waals surface area contributed by atoms with E-state index in [0.29, 0.717) is 0 Å². The highest BCUT2D eigenvalue weighted by Gasteiger charge is 2.12. The van der Waals surface area contributed by atoms with Gasteiger partial charge in [0.25, 0.3) is 0 Å².